The minimum atomic E-state index is -0.998. The van der Waals surface area contributed by atoms with Crippen LogP contribution in [-0.2, 0) is 9.53 Å². The summed E-state index contributed by atoms with van der Waals surface area (Å²) in [7, 11) is 0. The van der Waals surface area contributed by atoms with Gasteiger partial charge in [0.15, 0.2) is 0 Å². The quantitative estimate of drug-likeness (QED) is 0.506. The van der Waals surface area contributed by atoms with Gasteiger partial charge in [-0.05, 0) is 0 Å². The first-order chi connectivity index (χ1) is 5.66. The van der Waals surface area contributed by atoms with E-state index >= 15 is 0 Å². The largest absolute Gasteiger partial charge is 0.481 e. The number of carbonyl (C=O) groups excluding carboxylic acids is 1. The molecule has 0 aliphatic rings. The minimum Gasteiger partial charge on any atom is -0.481 e. The molecule has 0 aliphatic heterocycles. The van der Waals surface area contributed by atoms with E-state index in [2.05, 4.69) is 10.1 Å². The van der Waals surface area contributed by atoms with Gasteiger partial charge in [0, 0.05) is 13.1 Å². The highest BCUT2D eigenvalue weighted by molar-refractivity contribution is 5.69. The monoisotopic (exact) mass is 176 g/mol. The summed E-state index contributed by atoms with van der Waals surface area (Å²) in [4.78, 5) is 20.6. The molecule has 70 valence electrons. The smallest absolute Gasteiger partial charge is 0.407 e. The lowest BCUT2D eigenvalue weighted by molar-refractivity contribution is -0.137. The van der Waals surface area contributed by atoms with E-state index in [9.17, 15) is 9.59 Å². The third-order valence-electron chi connectivity index (χ3n) is 0.963. The summed E-state index contributed by atoms with van der Waals surface area (Å²) in [6.07, 6.45) is -0.822. The molecule has 12 heavy (non-hydrogen) atoms. The maximum Gasteiger partial charge on any atom is 0.407 e. The standard InChI is InChI=1S/C6H12N2O4/c7-2-3-8-6(11)12-4-1-5(9)10/h1-4,7H2,(H,8,11)(H,9,10). The Morgan fingerprint density at radius 3 is 2.67 bits per heavy atom. The number of alkyl carbamates (subject to hydrolysis) is 1. The first-order valence-electron chi connectivity index (χ1n) is 3.49. The molecule has 0 unspecified atom stereocenters. The second kappa shape index (κ2) is 6.41. The molecule has 6 heteroatoms. The normalized spacial score (nSPS) is 9.08. The molecule has 0 atom stereocenters. The molecule has 0 spiro atoms. The van der Waals surface area contributed by atoms with Crippen molar-refractivity contribution in [3.05, 3.63) is 0 Å². The van der Waals surface area contributed by atoms with E-state index in [1.165, 1.54) is 0 Å². The summed E-state index contributed by atoms with van der Waals surface area (Å²) in [6, 6.07) is 0. The van der Waals surface area contributed by atoms with Crippen molar-refractivity contribution in [3.8, 4) is 0 Å². The number of carboxylic acid groups (broad SMARTS) is 1. The summed E-state index contributed by atoms with van der Waals surface area (Å²) in [5.41, 5.74) is 5.09. The number of carbonyl (C=O) groups is 2. The van der Waals surface area contributed by atoms with Gasteiger partial charge in [0.1, 0.15) is 6.61 Å². The van der Waals surface area contributed by atoms with Crippen LogP contribution in [0, 0.1) is 0 Å². The molecule has 6 nitrogen and oxygen atoms in total. The van der Waals surface area contributed by atoms with Crippen LogP contribution in [0.1, 0.15) is 6.42 Å². The van der Waals surface area contributed by atoms with E-state index in [4.69, 9.17) is 10.8 Å². The summed E-state index contributed by atoms with van der Waals surface area (Å²) in [5.74, 6) is -0.998. The van der Waals surface area contributed by atoms with Gasteiger partial charge >= 0.3 is 12.1 Å². The van der Waals surface area contributed by atoms with Crippen molar-refractivity contribution in [1.82, 2.24) is 5.32 Å². The number of carboxylic acids is 1. The van der Waals surface area contributed by atoms with E-state index in [1.54, 1.807) is 0 Å². The molecular formula is C6H12N2O4. The number of nitrogens with one attached hydrogen (secondary N) is 1. The van der Waals surface area contributed by atoms with Gasteiger partial charge in [0.2, 0.25) is 0 Å². The Balaban J connectivity index is 3.25. The zero-order valence-electron chi connectivity index (χ0n) is 6.58. The lowest BCUT2D eigenvalue weighted by Crippen LogP contribution is -2.30. The first-order valence-corrected chi connectivity index (χ1v) is 3.49. The van der Waals surface area contributed by atoms with Crippen molar-refractivity contribution in [1.29, 1.82) is 0 Å². The van der Waals surface area contributed by atoms with Gasteiger partial charge in [-0.3, -0.25) is 4.79 Å². The second-order valence-corrected chi connectivity index (χ2v) is 2.00. The Labute approximate surface area is 69.7 Å². The number of hydrogen-bond donors (Lipinski definition) is 3. The number of ether oxygens (including phenoxy) is 1. The Morgan fingerprint density at radius 1 is 1.50 bits per heavy atom. The average molecular weight is 176 g/mol. The summed E-state index contributed by atoms with van der Waals surface area (Å²) in [6.45, 7) is 0.533. The summed E-state index contributed by atoms with van der Waals surface area (Å²) >= 11 is 0. The van der Waals surface area contributed by atoms with Crippen molar-refractivity contribution < 1.29 is 19.4 Å². The van der Waals surface area contributed by atoms with Gasteiger partial charge in [-0.15, -0.1) is 0 Å². The molecular weight excluding hydrogens is 164 g/mol. The molecule has 0 rings (SSSR count). The third kappa shape index (κ3) is 6.81. The zero-order chi connectivity index (χ0) is 9.40. The molecule has 0 aromatic heterocycles. The lowest BCUT2D eigenvalue weighted by Gasteiger charge is -2.03. The number of amides is 1. The van der Waals surface area contributed by atoms with Crippen molar-refractivity contribution >= 4 is 12.1 Å². The SMILES string of the molecule is NCCNC(=O)OCCC(=O)O. The topological polar surface area (TPSA) is 102 Å². The number of hydrogen-bond acceptors (Lipinski definition) is 4. The highest BCUT2D eigenvalue weighted by Crippen LogP contribution is 1.83. The number of rotatable bonds is 5. The molecule has 0 saturated carbocycles. The highest BCUT2D eigenvalue weighted by Gasteiger charge is 2.01. The first kappa shape index (κ1) is 10.7. The van der Waals surface area contributed by atoms with Crippen molar-refractivity contribution in [2.24, 2.45) is 5.73 Å². The maximum absolute atomic E-state index is 10.6. The second-order valence-electron chi connectivity index (χ2n) is 2.00. The summed E-state index contributed by atoms with van der Waals surface area (Å²) in [5, 5.41) is 10.5. The Morgan fingerprint density at radius 2 is 2.17 bits per heavy atom. The van der Waals surface area contributed by atoms with Gasteiger partial charge in [-0.25, -0.2) is 4.79 Å². The number of nitrogens with two attached hydrogens (primary N) is 1. The third-order valence-corrected chi connectivity index (χ3v) is 0.963. The molecule has 0 fully saturated rings. The Kier molecular flexibility index (Phi) is 5.72. The molecule has 1 amide bonds. The predicted molar refractivity (Wildman–Crippen MR) is 40.7 cm³/mol. The molecule has 0 bridgehead atoms. The van der Waals surface area contributed by atoms with Crippen LogP contribution in [0.25, 0.3) is 0 Å². The van der Waals surface area contributed by atoms with E-state index in [-0.39, 0.29) is 13.0 Å². The van der Waals surface area contributed by atoms with Crippen LogP contribution in [0.3, 0.4) is 0 Å². The molecule has 0 aromatic rings. The molecule has 0 heterocycles. The molecule has 0 radical (unpaired) electrons. The van der Waals surface area contributed by atoms with E-state index < -0.39 is 12.1 Å². The van der Waals surface area contributed by atoms with Crippen molar-refractivity contribution in [2.75, 3.05) is 19.7 Å². The van der Waals surface area contributed by atoms with Crippen molar-refractivity contribution in [2.45, 2.75) is 6.42 Å². The van der Waals surface area contributed by atoms with Gasteiger partial charge in [-0.2, -0.15) is 0 Å². The van der Waals surface area contributed by atoms with Crippen LogP contribution in [0.15, 0.2) is 0 Å². The van der Waals surface area contributed by atoms with Crippen LogP contribution in [-0.4, -0.2) is 36.9 Å². The van der Waals surface area contributed by atoms with Crippen LogP contribution >= 0.6 is 0 Å². The fourth-order valence-electron chi connectivity index (χ4n) is 0.456. The van der Waals surface area contributed by atoms with Crippen LogP contribution in [0.4, 0.5) is 4.79 Å². The van der Waals surface area contributed by atoms with E-state index in [0.717, 1.165) is 0 Å². The fraction of sp³-hybridized carbons (Fsp3) is 0.667. The average Bonchev–Trinajstić information content (AvgIpc) is 2.00. The molecule has 4 N–H and O–H groups in total. The van der Waals surface area contributed by atoms with Crippen LogP contribution < -0.4 is 11.1 Å². The van der Waals surface area contributed by atoms with Gasteiger partial charge < -0.3 is 20.9 Å². The van der Waals surface area contributed by atoms with E-state index in [1.807, 2.05) is 0 Å². The molecule has 0 aliphatic carbocycles. The van der Waals surface area contributed by atoms with Crippen LogP contribution in [0.5, 0.6) is 0 Å². The predicted octanol–water partition coefficient (Wildman–Crippen LogP) is -0.854. The Bertz CT molecular complexity index is 160. The van der Waals surface area contributed by atoms with Crippen molar-refractivity contribution in [3.63, 3.8) is 0 Å². The maximum atomic E-state index is 10.6. The summed E-state index contributed by atoms with van der Waals surface area (Å²) < 4.78 is 4.47. The minimum absolute atomic E-state index is 0.119. The molecule has 0 saturated heterocycles. The van der Waals surface area contributed by atoms with Gasteiger partial charge in [0.05, 0.1) is 6.42 Å². The van der Waals surface area contributed by atoms with E-state index in [0.29, 0.717) is 13.1 Å². The van der Waals surface area contributed by atoms with Crippen LogP contribution in [0.2, 0.25) is 0 Å². The Hall–Kier alpha value is -1.30. The highest BCUT2D eigenvalue weighted by atomic mass is 16.5. The van der Waals surface area contributed by atoms with Gasteiger partial charge in [-0.1, -0.05) is 0 Å². The fourth-order valence-corrected chi connectivity index (χ4v) is 0.456. The molecule has 0 aromatic carbocycles. The lowest BCUT2D eigenvalue weighted by atomic mass is 10.5. The number of aliphatic carboxylic acids is 1. The van der Waals surface area contributed by atoms with Gasteiger partial charge in [0.25, 0.3) is 0 Å². The zero-order valence-corrected chi connectivity index (χ0v) is 6.58.